The number of aromatic nitrogens is 1. The Morgan fingerprint density at radius 2 is 2.10 bits per heavy atom. The number of nitrogens with zero attached hydrogens (tertiary/aromatic N) is 1. The lowest BCUT2D eigenvalue weighted by molar-refractivity contribution is 0.0842. The molecule has 2 rings (SSSR count). The van der Waals surface area contributed by atoms with Gasteiger partial charge in [0, 0.05) is 24.1 Å². The van der Waals surface area contributed by atoms with Gasteiger partial charge in [-0.05, 0) is 46.0 Å². The first kappa shape index (κ1) is 15.9. The van der Waals surface area contributed by atoms with Crippen molar-refractivity contribution in [1.82, 2.24) is 10.3 Å². The monoisotopic (exact) mass is 296 g/mol. The summed E-state index contributed by atoms with van der Waals surface area (Å²) >= 11 is 1.84. The summed E-state index contributed by atoms with van der Waals surface area (Å²) < 4.78 is 5.68. The van der Waals surface area contributed by atoms with Crippen molar-refractivity contribution in [3.05, 3.63) is 15.6 Å². The predicted octanol–water partition coefficient (Wildman–Crippen LogP) is 4.08. The van der Waals surface area contributed by atoms with E-state index in [0.717, 1.165) is 19.4 Å². The summed E-state index contributed by atoms with van der Waals surface area (Å²) in [6.07, 6.45) is 5.01. The third-order valence-electron chi connectivity index (χ3n) is 3.61. The summed E-state index contributed by atoms with van der Waals surface area (Å²) in [6, 6.07) is 0. The van der Waals surface area contributed by atoms with E-state index in [4.69, 9.17) is 9.72 Å². The van der Waals surface area contributed by atoms with Crippen LogP contribution in [0.4, 0.5) is 0 Å². The maximum Gasteiger partial charge on any atom is 0.122 e. The van der Waals surface area contributed by atoms with Gasteiger partial charge in [-0.1, -0.05) is 13.3 Å². The Hall–Kier alpha value is -0.450. The number of ether oxygens (including phenoxy) is 1. The molecule has 20 heavy (non-hydrogen) atoms. The first-order valence-corrected chi connectivity index (χ1v) is 8.52. The molecule has 1 fully saturated rings. The molecule has 0 aliphatic heterocycles. The Balaban J connectivity index is 2.14. The van der Waals surface area contributed by atoms with Gasteiger partial charge in [-0.15, -0.1) is 11.3 Å². The van der Waals surface area contributed by atoms with Crippen molar-refractivity contribution in [2.24, 2.45) is 5.92 Å². The van der Waals surface area contributed by atoms with Gasteiger partial charge in [0.2, 0.25) is 0 Å². The molecule has 1 atom stereocenters. The molecular formula is C16H28N2OS. The summed E-state index contributed by atoms with van der Waals surface area (Å²) in [7, 11) is 1.82. The summed E-state index contributed by atoms with van der Waals surface area (Å²) in [5, 5.41) is 4.77. The molecule has 1 unspecified atom stereocenters. The smallest absolute Gasteiger partial charge is 0.122 e. The highest BCUT2D eigenvalue weighted by Crippen LogP contribution is 2.44. The van der Waals surface area contributed by atoms with Gasteiger partial charge in [-0.3, -0.25) is 0 Å². The molecule has 1 aromatic rings. The van der Waals surface area contributed by atoms with Gasteiger partial charge < -0.3 is 10.1 Å². The van der Waals surface area contributed by atoms with Crippen molar-refractivity contribution in [3.8, 4) is 0 Å². The number of hydrogen-bond acceptors (Lipinski definition) is 4. The zero-order valence-corrected chi connectivity index (χ0v) is 14.3. The van der Waals surface area contributed by atoms with Crippen LogP contribution in [-0.4, -0.2) is 17.6 Å². The van der Waals surface area contributed by atoms with Crippen molar-refractivity contribution >= 4 is 11.3 Å². The maximum atomic E-state index is 5.68. The van der Waals surface area contributed by atoms with E-state index < -0.39 is 0 Å². The lowest BCUT2D eigenvalue weighted by Gasteiger charge is -2.20. The molecule has 1 N–H and O–H groups in total. The zero-order valence-electron chi connectivity index (χ0n) is 13.5. The van der Waals surface area contributed by atoms with Crippen LogP contribution in [0.15, 0.2) is 0 Å². The Kier molecular flexibility index (Phi) is 5.21. The lowest BCUT2D eigenvalue weighted by Crippen LogP contribution is -2.35. The number of methoxy groups -OCH3 is 1. The second-order valence-corrected chi connectivity index (χ2v) is 7.88. The average molecular weight is 296 g/mol. The third-order valence-corrected chi connectivity index (χ3v) is 4.77. The summed E-state index contributed by atoms with van der Waals surface area (Å²) in [4.78, 5) is 6.27. The molecule has 1 heterocycles. The molecule has 0 spiro atoms. The zero-order chi connectivity index (χ0) is 14.8. The van der Waals surface area contributed by atoms with Crippen LogP contribution in [0.3, 0.4) is 0 Å². The molecule has 1 aromatic heterocycles. The van der Waals surface area contributed by atoms with Gasteiger partial charge in [0.15, 0.2) is 0 Å². The normalized spacial score (nSPS) is 17.4. The summed E-state index contributed by atoms with van der Waals surface area (Å²) in [5.74, 6) is 0.698. The van der Waals surface area contributed by atoms with Crippen LogP contribution < -0.4 is 5.32 Å². The van der Waals surface area contributed by atoms with E-state index in [0.29, 0.717) is 5.92 Å². The van der Waals surface area contributed by atoms with Crippen molar-refractivity contribution in [1.29, 1.82) is 0 Å². The fourth-order valence-electron chi connectivity index (χ4n) is 2.33. The Bertz CT molecular complexity index is 432. The van der Waals surface area contributed by atoms with Crippen molar-refractivity contribution in [2.75, 3.05) is 7.11 Å². The molecule has 3 nitrogen and oxygen atoms in total. The Morgan fingerprint density at radius 3 is 2.60 bits per heavy atom. The molecule has 0 radical (unpaired) electrons. The number of hydrogen-bond donors (Lipinski definition) is 1. The minimum atomic E-state index is 0.144. The van der Waals surface area contributed by atoms with Crippen molar-refractivity contribution in [2.45, 2.75) is 71.6 Å². The van der Waals surface area contributed by atoms with Gasteiger partial charge >= 0.3 is 0 Å². The molecular weight excluding hydrogens is 268 g/mol. The van der Waals surface area contributed by atoms with E-state index in [9.17, 15) is 0 Å². The molecule has 1 aliphatic carbocycles. The van der Waals surface area contributed by atoms with Gasteiger partial charge in [-0.2, -0.15) is 0 Å². The van der Waals surface area contributed by atoms with E-state index in [2.05, 4.69) is 33.0 Å². The Morgan fingerprint density at radius 1 is 1.40 bits per heavy atom. The third kappa shape index (κ3) is 4.27. The molecule has 0 saturated heterocycles. The molecule has 0 aromatic carbocycles. The number of rotatable bonds is 7. The van der Waals surface area contributed by atoms with Crippen LogP contribution >= 0.6 is 11.3 Å². The van der Waals surface area contributed by atoms with Crippen LogP contribution in [0.25, 0.3) is 0 Å². The molecule has 4 heteroatoms. The fraction of sp³-hybridized carbons (Fsp3) is 0.812. The lowest BCUT2D eigenvalue weighted by atomic mass is 10.1. The maximum absolute atomic E-state index is 5.68. The highest BCUT2D eigenvalue weighted by atomic mass is 32.1. The second kappa shape index (κ2) is 6.54. The molecule has 0 amide bonds. The van der Waals surface area contributed by atoms with Crippen LogP contribution in [-0.2, 0) is 17.7 Å². The van der Waals surface area contributed by atoms with Gasteiger partial charge in [0.05, 0.1) is 5.69 Å². The first-order valence-electron chi connectivity index (χ1n) is 7.71. The second-order valence-electron chi connectivity index (χ2n) is 6.77. The standard InChI is InChI=1S/C16H28N2OS/c1-6-7-12-13(10-17-16(2,3)4)20-15(18-12)14(19-5)11-8-9-11/h11,14,17H,6-10H2,1-5H3. The summed E-state index contributed by atoms with van der Waals surface area (Å²) in [5.41, 5.74) is 1.41. The molecule has 0 bridgehead atoms. The van der Waals surface area contributed by atoms with Gasteiger partial charge in [0.1, 0.15) is 11.1 Å². The minimum Gasteiger partial charge on any atom is -0.374 e. The average Bonchev–Trinajstić information content (AvgIpc) is 3.10. The highest BCUT2D eigenvalue weighted by Gasteiger charge is 2.35. The van der Waals surface area contributed by atoms with Crippen molar-refractivity contribution < 1.29 is 4.74 Å². The molecule has 1 aliphatic rings. The number of aryl methyl sites for hydroxylation is 1. The van der Waals surface area contributed by atoms with Crippen LogP contribution in [0, 0.1) is 5.92 Å². The predicted molar refractivity (Wildman–Crippen MR) is 85.2 cm³/mol. The number of thiazole rings is 1. The van der Waals surface area contributed by atoms with E-state index in [1.807, 2.05) is 18.4 Å². The van der Waals surface area contributed by atoms with E-state index in [1.165, 1.54) is 28.4 Å². The van der Waals surface area contributed by atoms with Crippen molar-refractivity contribution in [3.63, 3.8) is 0 Å². The SMILES string of the molecule is CCCc1nc(C(OC)C2CC2)sc1CNC(C)(C)C. The first-order chi connectivity index (χ1) is 9.44. The quantitative estimate of drug-likeness (QED) is 0.823. The van der Waals surface area contributed by atoms with E-state index >= 15 is 0 Å². The van der Waals surface area contributed by atoms with Crippen LogP contribution in [0.2, 0.25) is 0 Å². The highest BCUT2D eigenvalue weighted by molar-refractivity contribution is 7.11. The van der Waals surface area contributed by atoms with E-state index in [-0.39, 0.29) is 11.6 Å². The summed E-state index contributed by atoms with van der Waals surface area (Å²) in [6.45, 7) is 9.75. The molecule has 114 valence electrons. The van der Waals surface area contributed by atoms with Crippen LogP contribution in [0.5, 0.6) is 0 Å². The number of nitrogens with one attached hydrogen (secondary N) is 1. The largest absolute Gasteiger partial charge is 0.374 e. The van der Waals surface area contributed by atoms with Gasteiger partial charge in [-0.25, -0.2) is 4.98 Å². The van der Waals surface area contributed by atoms with E-state index in [1.54, 1.807) is 0 Å². The fourth-order valence-corrected chi connectivity index (χ4v) is 3.56. The Labute approximate surface area is 127 Å². The molecule has 1 saturated carbocycles. The van der Waals surface area contributed by atoms with Crippen LogP contribution in [0.1, 0.15) is 68.6 Å². The van der Waals surface area contributed by atoms with Gasteiger partial charge in [0.25, 0.3) is 0 Å². The minimum absolute atomic E-state index is 0.144. The topological polar surface area (TPSA) is 34.1 Å².